The minimum Gasteiger partial charge on any atom is -0.365 e. The first kappa shape index (κ1) is 9.57. The Morgan fingerprint density at radius 3 is 3.06 bits per heavy atom. The van der Waals surface area contributed by atoms with Gasteiger partial charge in [-0.25, -0.2) is 15.0 Å². The second kappa shape index (κ2) is 3.73. The van der Waals surface area contributed by atoms with Gasteiger partial charge in [-0.2, -0.15) is 0 Å². The SMILES string of the molecule is CC1CCC(Nc2ncnc3nc[nH]c23)C1. The second-order valence-corrected chi connectivity index (χ2v) is 4.58. The van der Waals surface area contributed by atoms with Crippen LogP contribution < -0.4 is 5.32 Å². The van der Waals surface area contributed by atoms with E-state index in [1.54, 1.807) is 12.7 Å². The van der Waals surface area contributed by atoms with Crippen molar-refractivity contribution in [1.82, 2.24) is 19.9 Å². The van der Waals surface area contributed by atoms with E-state index in [-0.39, 0.29) is 0 Å². The average molecular weight is 217 g/mol. The molecule has 0 aromatic carbocycles. The summed E-state index contributed by atoms with van der Waals surface area (Å²) in [4.78, 5) is 15.6. The standard InChI is InChI=1S/C11H15N5/c1-7-2-3-8(4-7)16-11-9-10(13-5-12-9)14-6-15-11/h5-8H,2-4H2,1H3,(H2,12,13,14,15,16). The van der Waals surface area contributed by atoms with E-state index >= 15 is 0 Å². The molecule has 16 heavy (non-hydrogen) atoms. The zero-order chi connectivity index (χ0) is 11.0. The van der Waals surface area contributed by atoms with Crippen LogP contribution in [0.15, 0.2) is 12.7 Å². The molecule has 1 saturated carbocycles. The molecular formula is C11H15N5. The van der Waals surface area contributed by atoms with Crippen LogP contribution in [0.5, 0.6) is 0 Å². The lowest BCUT2D eigenvalue weighted by Gasteiger charge is -2.12. The summed E-state index contributed by atoms with van der Waals surface area (Å²) in [6, 6.07) is 0.538. The van der Waals surface area contributed by atoms with Crippen molar-refractivity contribution in [3.63, 3.8) is 0 Å². The maximum atomic E-state index is 4.27. The Kier molecular flexibility index (Phi) is 2.23. The van der Waals surface area contributed by atoms with E-state index in [4.69, 9.17) is 0 Å². The lowest BCUT2D eigenvalue weighted by Crippen LogP contribution is -2.16. The van der Waals surface area contributed by atoms with Crippen molar-refractivity contribution in [2.45, 2.75) is 32.2 Å². The molecule has 0 aliphatic heterocycles. The van der Waals surface area contributed by atoms with Crippen LogP contribution in [0.2, 0.25) is 0 Å². The molecule has 2 atom stereocenters. The number of aromatic amines is 1. The minimum atomic E-state index is 0.538. The lowest BCUT2D eigenvalue weighted by molar-refractivity contribution is 0.602. The van der Waals surface area contributed by atoms with Crippen molar-refractivity contribution < 1.29 is 0 Å². The highest BCUT2D eigenvalue weighted by molar-refractivity contribution is 5.82. The molecule has 2 aromatic rings. The first-order valence-electron chi connectivity index (χ1n) is 5.73. The van der Waals surface area contributed by atoms with E-state index in [9.17, 15) is 0 Å². The van der Waals surface area contributed by atoms with Crippen LogP contribution in [0.1, 0.15) is 26.2 Å². The van der Waals surface area contributed by atoms with Crippen LogP contribution in [0.3, 0.4) is 0 Å². The number of anilines is 1. The molecule has 1 aliphatic rings. The van der Waals surface area contributed by atoms with Crippen molar-refractivity contribution in [2.24, 2.45) is 5.92 Å². The van der Waals surface area contributed by atoms with Gasteiger partial charge in [0.15, 0.2) is 11.5 Å². The summed E-state index contributed by atoms with van der Waals surface area (Å²) < 4.78 is 0. The minimum absolute atomic E-state index is 0.538. The van der Waals surface area contributed by atoms with E-state index in [1.807, 2.05) is 0 Å². The van der Waals surface area contributed by atoms with Gasteiger partial charge in [0.25, 0.3) is 0 Å². The number of nitrogens with one attached hydrogen (secondary N) is 2. The summed E-state index contributed by atoms with van der Waals surface area (Å²) in [6.45, 7) is 2.30. The zero-order valence-electron chi connectivity index (χ0n) is 9.27. The quantitative estimate of drug-likeness (QED) is 0.807. The van der Waals surface area contributed by atoms with Crippen LogP contribution in [-0.4, -0.2) is 26.0 Å². The third kappa shape index (κ3) is 1.62. The average Bonchev–Trinajstić information content (AvgIpc) is 2.87. The van der Waals surface area contributed by atoms with Crippen molar-refractivity contribution in [3.05, 3.63) is 12.7 Å². The van der Waals surface area contributed by atoms with Gasteiger partial charge in [0.05, 0.1) is 6.33 Å². The molecule has 5 heteroatoms. The summed E-state index contributed by atoms with van der Waals surface area (Å²) in [5.41, 5.74) is 1.63. The van der Waals surface area contributed by atoms with E-state index in [0.717, 1.165) is 22.9 Å². The fourth-order valence-electron chi connectivity index (χ4n) is 2.41. The van der Waals surface area contributed by atoms with Crippen LogP contribution in [0.4, 0.5) is 5.82 Å². The third-order valence-electron chi connectivity index (χ3n) is 3.26. The normalized spacial score (nSPS) is 25.1. The van der Waals surface area contributed by atoms with E-state index in [2.05, 4.69) is 32.2 Å². The molecule has 3 rings (SSSR count). The molecule has 5 nitrogen and oxygen atoms in total. The van der Waals surface area contributed by atoms with E-state index < -0.39 is 0 Å². The van der Waals surface area contributed by atoms with Crippen molar-refractivity contribution in [2.75, 3.05) is 5.32 Å². The van der Waals surface area contributed by atoms with Crippen molar-refractivity contribution in [3.8, 4) is 0 Å². The van der Waals surface area contributed by atoms with Gasteiger partial charge in [-0.1, -0.05) is 6.92 Å². The zero-order valence-corrected chi connectivity index (χ0v) is 9.27. The summed E-state index contributed by atoms with van der Waals surface area (Å²) in [6.07, 6.45) is 6.96. The molecule has 0 saturated heterocycles. The molecule has 0 radical (unpaired) electrons. The molecule has 1 aliphatic carbocycles. The topological polar surface area (TPSA) is 66.5 Å². The summed E-state index contributed by atoms with van der Waals surface area (Å²) >= 11 is 0. The number of aromatic nitrogens is 4. The maximum Gasteiger partial charge on any atom is 0.182 e. The van der Waals surface area contributed by atoms with Crippen molar-refractivity contribution >= 4 is 17.0 Å². The Labute approximate surface area is 93.7 Å². The first-order chi connectivity index (χ1) is 7.83. The van der Waals surface area contributed by atoms with E-state index in [0.29, 0.717) is 6.04 Å². The number of imidazole rings is 1. The van der Waals surface area contributed by atoms with Gasteiger partial charge in [-0.05, 0) is 25.2 Å². The Morgan fingerprint density at radius 1 is 1.31 bits per heavy atom. The van der Waals surface area contributed by atoms with Crippen LogP contribution >= 0.6 is 0 Å². The molecule has 2 N–H and O–H groups in total. The monoisotopic (exact) mass is 217 g/mol. The van der Waals surface area contributed by atoms with E-state index in [1.165, 1.54) is 19.3 Å². The maximum absolute atomic E-state index is 4.27. The number of H-pyrrole nitrogens is 1. The van der Waals surface area contributed by atoms with Crippen molar-refractivity contribution in [1.29, 1.82) is 0 Å². The highest BCUT2D eigenvalue weighted by Gasteiger charge is 2.22. The number of rotatable bonds is 2. The molecule has 2 heterocycles. The summed E-state index contributed by atoms with van der Waals surface area (Å²) in [7, 11) is 0. The molecule has 84 valence electrons. The number of hydrogen-bond donors (Lipinski definition) is 2. The molecule has 0 spiro atoms. The fourth-order valence-corrected chi connectivity index (χ4v) is 2.41. The Bertz CT molecular complexity index is 492. The molecular weight excluding hydrogens is 202 g/mol. The predicted molar refractivity (Wildman–Crippen MR) is 62.1 cm³/mol. The fraction of sp³-hybridized carbons (Fsp3) is 0.545. The molecule has 0 amide bonds. The smallest absolute Gasteiger partial charge is 0.182 e. The van der Waals surface area contributed by atoms with Gasteiger partial charge >= 0.3 is 0 Å². The number of hydrogen-bond acceptors (Lipinski definition) is 4. The summed E-state index contributed by atoms with van der Waals surface area (Å²) in [5.74, 6) is 1.69. The van der Waals surface area contributed by atoms with Gasteiger partial charge in [0.2, 0.25) is 0 Å². The largest absolute Gasteiger partial charge is 0.365 e. The third-order valence-corrected chi connectivity index (χ3v) is 3.26. The van der Waals surface area contributed by atoms with Gasteiger partial charge < -0.3 is 10.3 Å². The molecule has 1 fully saturated rings. The number of fused-ring (bicyclic) bond motifs is 1. The van der Waals surface area contributed by atoms with Gasteiger partial charge in [-0.15, -0.1) is 0 Å². The van der Waals surface area contributed by atoms with Crippen LogP contribution in [0, 0.1) is 5.92 Å². The van der Waals surface area contributed by atoms with Crippen LogP contribution in [-0.2, 0) is 0 Å². The van der Waals surface area contributed by atoms with Gasteiger partial charge in [0, 0.05) is 6.04 Å². The molecule has 2 unspecified atom stereocenters. The predicted octanol–water partition coefficient (Wildman–Crippen LogP) is 1.95. The Morgan fingerprint density at radius 2 is 2.25 bits per heavy atom. The Hall–Kier alpha value is -1.65. The summed E-state index contributed by atoms with van der Waals surface area (Å²) in [5, 5.41) is 3.48. The molecule has 0 bridgehead atoms. The van der Waals surface area contributed by atoms with Gasteiger partial charge in [0.1, 0.15) is 11.8 Å². The van der Waals surface area contributed by atoms with Crippen LogP contribution in [0.25, 0.3) is 11.2 Å². The second-order valence-electron chi connectivity index (χ2n) is 4.58. The number of nitrogens with zero attached hydrogens (tertiary/aromatic N) is 3. The highest BCUT2D eigenvalue weighted by atomic mass is 15.1. The van der Waals surface area contributed by atoms with Gasteiger partial charge in [-0.3, -0.25) is 0 Å². The Balaban J connectivity index is 1.86. The highest BCUT2D eigenvalue weighted by Crippen LogP contribution is 2.28. The first-order valence-corrected chi connectivity index (χ1v) is 5.73. The lowest BCUT2D eigenvalue weighted by atomic mass is 10.1. The molecule has 2 aromatic heterocycles.